The Kier molecular flexibility index (Phi) is 3.50. The molecular weight excluding hydrogens is 164 g/mol. The standard InChI is InChI=1S/C11H14O2/c1-3-9-6-5-7-11(13-8-12)10(9)4-2/h5-8H,3-4H2,1-2H3. The molecule has 0 saturated carbocycles. The van der Waals surface area contributed by atoms with Crippen molar-refractivity contribution in [2.24, 2.45) is 0 Å². The summed E-state index contributed by atoms with van der Waals surface area (Å²) in [7, 11) is 0. The van der Waals surface area contributed by atoms with Gasteiger partial charge in [-0.3, -0.25) is 4.79 Å². The Hall–Kier alpha value is -1.31. The lowest BCUT2D eigenvalue weighted by molar-refractivity contribution is -0.120. The van der Waals surface area contributed by atoms with Crippen molar-refractivity contribution in [2.75, 3.05) is 0 Å². The van der Waals surface area contributed by atoms with Crippen molar-refractivity contribution < 1.29 is 9.53 Å². The fourth-order valence-corrected chi connectivity index (χ4v) is 1.51. The van der Waals surface area contributed by atoms with Gasteiger partial charge in [0.2, 0.25) is 0 Å². The van der Waals surface area contributed by atoms with E-state index in [0.29, 0.717) is 12.2 Å². The molecule has 0 spiro atoms. The second-order valence-corrected chi connectivity index (χ2v) is 2.82. The van der Waals surface area contributed by atoms with Crippen LogP contribution in [0.2, 0.25) is 0 Å². The quantitative estimate of drug-likeness (QED) is 0.661. The van der Waals surface area contributed by atoms with Gasteiger partial charge in [0.25, 0.3) is 6.47 Å². The fraction of sp³-hybridized carbons (Fsp3) is 0.364. The van der Waals surface area contributed by atoms with Gasteiger partial charge in [-0.25, -0.2) is 0 Å². The minimum Gasteiger partial charge on any atom is -0.428 e. The number of carbonyl (C=O) groups is 1. The van der Waals surface area contributed by atoms with Gasteiger partial charge in [-0.1, -0.05) is 26.0 Å². The highest BCUT2D eigenvalue weighted by Gasteiger charge is 2.05. The Morgan fingerprint density at radius 2 is 2.08 bits per heavy atom. The summed E-state index contributed by atoms with van der Waals surface area (Å²) in [5.41, 5.74) is 2.39. The van der Waals surface area contributed by atoms with E-state index in [-0.39, 0.29) is 0 Å². The second-order valence-electron chi connectivity index (χ2n) is 2.82. The number of aryl methyl sites for hydroxylation is 1. The molecule has 0 aliphatic rings. The van der Waals surface area contributed by atoms with Crippen molar-refractivity contribution in [3.05, 3.63) is 29.3 Å². The Bertz CT molecular complexity index is 292. The van der Waals surface area contributed by atoms with Gasteiger partial charge in [0.15, 0.2) is 0 Å². The average molecular weight is 178 g/mol. The second kappa shape index (κ2) is 4.65. The summed E-state index contributed by atoms with van der Waals surface area (Å²) < 4.78 is 4.89. The van der Waals surface area contributed by atoms with E-state index in [1.807, 2.05) is 12.1 Å². The molecule has 0 saturated heterocycles. The van der Waals surface area contributed by atoms with Gasteiger partial charge in [-0.15, -0.1) is 0 Å². The molecule has 0 amide bonds. The van der Waals surface area contributed by atoms with Crippen LogP contribution in [0.4, 0.5) is 0 Å². The molecule has 1 aromatic carbocycles. The van der Waals surface area contributed by atoms with Crippen molar-refractivity contribution in [3.63, 3.8) is 0 Å². The molecule has 0 heterocycles. The van der Waals surface area contributed by atoms with E-state index in [9.17, 15) is 4.79 Å². The Labute approximate surface area is 78.5 Å². The summed E-state index contributed by atoms with van der Waals surface area (Å²) in [6, 6.07) is 5.81. The van der Waals surface area contributed by atoms with Crippen LogP contribution in [0.5, 0.6) is 5.75 Å². The molecule has 0 bridgehead atoms. The first-order valence-corrected chi connectivity index (χ1v) is 4.54. The van der Waals surface area contributed by atoms with Crippen molar-refractivity contribution in [1.82, 2.24) is 0 Å². The van der Waals surface area contributed by atoms with Crippen LogP contribution in [0.3, 0.4) is 0 Å². The number of hydrogen-bond acceptors (Lipinski definition) is 2. The van der Waals surface area contributed by atoms with Crippen LogP contribution in [0.15, 0.2) is 18.2 Å². The summed E-state index contributed by atoms with van der Waals surface area (Å²) in [4.78, 5) is 10.2. The van der Waals surface area contributed by atoms with Gasteiger partial charge >= 0.3 is 0 Å². The first kappa shape index (κ1) is 9.78. The summed E-state index contributed by atoms with van der Waals surface area (Å²) in [6.45, 7) is 4.64. The van der Waals surface area contributed by atoms with Crippen LogP contribution in [-0.2, 0) is 17.6 Å². The number of carbonyl (C=O) groups excluding carboxylic acids is 1. The molecule has 1 rings (SSSR count). The highest BCUT2D eigenvalue weighted by molar-refractivity contribution is 5.50. The molecule has 2 nitrogen and oxygen atoms in total. The monoisotopic (exact) mass is 178 g/mol. The van der Waals surface area contributed by atoms with Crippen molar-refractivity contribution in [2.45, 2.75) is 26.7 Å². The molecule has 0 atom stereocenters. The van der Waals surface area contributed by atoms with Crippen LogP contribution in [0.25, 0.3) is 0 Å². The molecule has 0 aliphatic heterocycles. The third-order valence-electron chi connectivity index (χ3n) is 2.14. The van der Waals surface area contributed by atoms with Crippen LogP contribution in [-0.4, -0.2) is 6.47 Å². The summed E-state index contributed by atoms with van der Waals surface area (Å²) in [5, 5.41) is 0. The normalized spacial score (nSPS) is 9.69. The molecule has 13 heavy (non-hydrogen) atoms. The smallest absolute Gasteiger partial charge is 0.298 e. The van der Waals surface area contributed by atoms with Crippen LogP contribution in [0.1, 0.15) is 25.0 Å². The highest BCUT2D eigenvalue weighted by Crippen LogP contribution is 2.22. The van der Waals surface area contributed by atoms with Crippen LogP contribution in [0, 0.1) is 0 Å². The molecule has 0 aromatic heterocycles. The summed E-state index contributed by atoms with van der Waals surface area (Å²) >= 11 is 0. The SMILES string of the molecule is CCc1cccc(OC=O)c1CC. The molecule has 0 aliphatic carbocycles. The highest BCUT2D eigenvalue weighted by atomic mass is 16.5. The number of hydrogen-bond donors (Lipinski definition) is 0. The zero-order valence-electron chi connectivity index (χ0n) is 8.04. The van der Waals surface area contributed by atoms with Crippen molar-refractivity contribution in [3.8, 4) is 5.75 Å². The van der Waals surface area contributed by atoms with Gasteiger partial charge < -0.3 is 4.74 Å². The lowest BCUT2D eigenvalue weighted by atomic mass is 10.0. The lowest BCUT2D eigenvalue weighted by Crippen LogP contribution is -1.97. The molecule has 0 unspecified atom stereocenters. The minimum absolute atomic E-state index is 0.480. The maximum absolute atomic E-state index is 10.2. The molecule has 1 aromatic rings. The Morgan fingerprint density at radius 1 is 1.31 bits per heavy atom. The first-order valence-electron chi connectivity index (χ1n) is 4.54. The van der Waals surface area contributed by atoms with Gasteiger partial charge in [0.1, 0.15) is 5.75 Å². The van der Waals surface area contributed by atoms with Gasteiger partial charge in [-0.2, -0.15) is 0 Å². The first-order chi connectivity index (χ1) is 6.33. The summed E-state index contributed by atoms with van der Waals surface area (Å²) in [6.07, 6.45) is 1.87. The van der Waals surface area contributed by atoms with E-state index in [2.05, 4.69) is 19.9 Å². The van der Waals surface area contributed by atoms with E-state index >= 15 is 0 Å². The predicted octanol–water partition coefficient (Wildman–Crippen LogP) is 2.35. The lowest BCUT2D eigenvalue weighted by Gasteiger charge is -2.09. The maximum atomic E-state index is 10.2. The third-order valence-corrected chi connectivity index (χ3v) is 2.14. The maximum Gasteiger partial charge on any atom is 0.298 e. The Morgan fingerprint density at radius 3 is 2.62 bits per heavy atom. The molecule has 0 N–H and O–H groups in total. The number of ether oxygens (including phenoxy) is 1. The number of rotatable bonds is 4. The molecule has 0 radical (unpaired) electrons. The zero-order valence-corrected chi connectivity index (χ0v) is 8.04. The fourth-order valence-electron chi connectivity index (χ4n) is 1.51. The molecule has 2 heteroatoms. The largest absolute Gasteiger partial charge is 0.428 e. The topological polar surface area (TPSA) is 26.3 Å². The average Bonchev–Trinajstić information content (AvgIpc) is 2.18. The van der Waals surface area contributed by atoms with Gasteiger partial charge in [-0.05, 0) is 30.0 Å². The third kappa shape index (κ3) is 2.08. The summed E-state index contributed by atoms with van der Waals surface area (Å²) in [5.74, 6) is 0.692. The molecular formula is C11H14O2. The number of benzene rings is 1. The van der Waals surface area contributed by atoms with Crippen molar-refractivity contribution in [1.29, 1.82) is 0 Å². The molecule has 70 valence electrons. The van der Waals surface area contributed by atoms with Crippen LogP contribution < -0.4 is 4.74 Å². The Balaban J connectivity index is 3.10. The van der Waals surface area contributed by atoms with E-state index in [1.54, 1.807) is 0 Å². The van der Waals surface area contributed by atoms with Gasteiger partial charge in [0.05, 0.1) is 0 Å². The van der Waals surface area contributed by atoms with E-state index in [1.165, 1.54) is 5.56 Å². The minimum atomic E-state index is 0.480. The van der Waals surface area contributed by atoms with Crippen molar-refractivity contribution >= 4 is 6.47 Å². The molecule has 0 fully saturated rings. The van der Waals surface area contributed by atoms with Crippen LogP contribution >= 0.6 is 0 Å². The van der Waals surface area contributed by atoms with E-state index < -0.39 is 0 Å². The van der Waals surface area contributed by atoms with Gasteiger partial charge in [0, 0.05) is 0 Å². The zero-order chi connectivity index (χ0) is 9.68. The van der Waals surface area contributed by atoms with E-state index in [0.717, 1.165) is 18.4 Å². The van der Waals surface area contributed by atoms with E-state index in [4.69, 9.17) is 4.74 Å². The predicted molar refractivity (Wildman–Crippen MR) is 51.9 cm³/mol.